The summed E-state index contributed by atoms with van der Waals surface area (Å²) in [6.07, 6.45) is 6.65. The number of hydrogen-bond acceptors (Lipinski definition) is 6. The zero-order valence-corrected chi connectivity index (χ0v) is 17.3. The standard InChI is InChI=1S/C22H16N4O2S2/c1-2-19-26-18(11-29-19)22(28)23-10-9-14-3-5-15(6-4-14)20-16(24-12-27)7-8-17-21(20)30-13-25-17/h1,3-8,11-13H,9-10H2,(H,23,28)(H,24,27). The summed E-state index contributed by atoms with van der Waals surface area (Å²) in [4.78, 5) is 31.6. The first-order chi connectivity index (χ1) is 14.7. The third-order valence-corrected chi connectivity index (χ3v) is 6.15. The molecule has 0 radical (unpaired) electrons. The van der Waals surface area contributed by atoms with Crippen LogP contribution in [0.2, 0.25) is 0 Å². The Morgan fingerprint density at radius 2 is 2.00 bits per heavy atom. The minimum Gasteiger partial charge on any atom is -0.350 e. The highest BCUT2D eigenvalue weighted by Crippen LogP contribution is 2.37. The van der Waals surface area contributed by atoms with Crippen molar-refractivity contribution in [2.24, 2.45) is 0 Å². The van der Waals surface area contributed by atoms with E-state index >= 15 is 0 Å². The number of rotatable bonds is 7. The maximum absolute atomic E-state index is 12.1. The maximum Gasteiger partial charge on any atom is 0.270 e. The smallest absolute Gasteiger partial charge is 0.270 e. The van der Waals surface area contributed by atoms with Gasteiger partial charge in [0.2, 0.25) is 6.41 Å². The summed E-state index contributed by atoms with van der Waals surface area (Å²) in [6.45, 7) is 0.490. The van der Waals surface area contributed by atoms with Gasteiger partial charge in [-0.15, -0.1) is 29.1 Å². The van der Waals surface area contributed by atoms with Crippen LogP contribution in [0.1, 0.15) is 21.1 Å². The van der Waals surface area contributed by atoms with Crippen molar-refractivity contribution in [3.8, 4) is 23.5 Å². The normalized spacial score (nSPS) is 10.5. The molecule has 148 valence electrons. The minimum absolute atomic E-state index is 0.231. The molecular formula is C22H16N4O2S2. The lowest BCUT2D eigenvalue weighted by Gasteiger charge is -2.11. The van der Waals surface area contributed by atoms with Crippen molar-refractivity contribution >= 4 is 50.9 Å². The molecule has 0 aliphatic heterocycles. The third kappa shape index (κ3) is 4.08. The highest BCUT2D eigenvalue weighted by atomic mass is 32.1. The number of carbonyl (C=O) groups excluding carboxylic acids is 2. The molecule has 6 nitrogen and oxygen atoms in total. The second kappa shape index (κ2) is 8.86. The van der Waals surface area contributed by atoms with E-state index in [1.165, 1.54) is 22.7 Å². The molecule has 0 fully saturated rings. The topological polar surface area (TPSA) is 84.0 Å². The Hall–Kier alpha value is -3.54. The van der Waals surface area contributed by atoms with E-state index in [4.69, 9.17) is 6.42 Å². The van der Waals surface area contributed by atoms with Gasteiger partial charge in [0.05, 0.1) is 15.7 Å². The SMILES string of the molecule is C#Cc1nc(C(=O)NCCc2ccc(-c3c(NC=O)ccc4ncsc34)cc2)cs1. The Labute approximate surface area is 181 Å². The summed E-state index contributed by atoms with van der Waals surface area (Å²) in [5.41, 5.74) is 6.81. The molecule has 0 atom stereocenters. The molecule has 0 aliphatic rings. The number of nitrogens with zero attached hydrogens (tertiary/aromatic N) is 2. The monoisotopic (exact) mass is 432 g/mol. The number of carbonyl (C=O) groups is 2. The summed E-state index contributed by atoms with van der Waals surface area (Å²) >= 11 is 2.81. The summed E-state index contributed by atoms with van der Waals surface area (Å²) in [7, 11) is 0. The van der Waals surface area contributed by atoms with E-state index in [1.807, 2.05) is 36.4 Å². The lowest BCUT2D eigenvalue weighted by atomic mass is 10.0. The lowest BCUT2D eigenvalue weighted by molar-refractivity contribution is -0.105. The molecule has 0 saturated carbocycles. The zero-order valence-electron chi connectivity index (χ0n) is 15.7. The molecule has 8 heteroatoms. The van der Waals surface area contributed by atoms with E-state index in [1.54, 1.807) is 10.9 Å². The van der Waals surface area contributed by atoms with Crippen molar-refractivity contribution in [1.82, 2.24) is 15.3 Å². The van der Waals surface area contributed by atoms with E-state index in [0.717, 1.165) is 32.6 Å². The van der Waals surface area contributed by atoms with Crippen LogP contribution in [0.25, 0.3) is 21.3 Å². The lowest BCUT2D eigenvalue weighted by Crippen LogP contribution is -2.25. The Bertz CT molecular complexity index is 1250. The molecule has 0 unspecified atom stereocenters. The number of fused-ring (bicyclic) bond motifs is 1. The first-order valence-electron chi connectivity index (χ1n) is 9.05. The fourth-order valence-electron chi connectivity index (χ4n) is 3.09. The highest BCUT2D eigenvalue weighted by Gasteiger charge is 2.13. The number of aromatic nitrogens is 2. The van der Waals surface area contributed by atoms with Crippen molar-refractivity contribution in [3.63, 3.8) is 0 Å². The van der Waals surface area contributed by atoms with Gasteiger partial charge >= 0.3 is 0 Å². The molecule has 4 rings (SSSR count). The minimum atomic E-state index is -0.231. The molecule has 4 aromatic rings. The number of benzene rings is 2. The van der Waals surface area contributed by atoms with E-state index < -0.39 is 0 Å². The van der Waals surface area contributed by atoms with E-state index in [2.05, 4.69) is 26.5 Å². The molecule has 2 amide bonds. The summed E-state index contributed by atoms with van der Waals surface area (Å²) in [6, 6.07) is 11.8. The van der Waals surface area contributed by atoms with Crippen LogP contribution in [0, 0.1) is 12.3 Å². The summed E-state index contributed by atoms with van der Waals surface area (Å²) < 4.78 is 1.02. The second-order valence-electron chi connectivity index (χ2n) is 6.34. The van der Waals surface area contributed by atoms with E-state index in [-0.39, 0.29) is 5.91 Å². The van der Waals surface area contributed by atoms with Crippen LogP contribution in [0.3, 0.4) is 0 Å². The molecule has 2 heterocycles. The first kappa shape index (κ1) is 19.8. The average Bonchev–Trinajstić information content (AvgIpc) is 3.44. The van der Waals surface area contributed by atoms with Crippen molar-refractivity contribution in [1.29, 1.82) is 0 Å². The van der Waals surface area contributed by atoms with Crippen molar-refractivity contribution in [2.75, 3.05) is 11.9 Å². The molecule has 0 bridgehead atoms. The van der Waals surface area contributed by atoms with Gasteiger partial charge in [0.25, 0.3) is 5.91 Å². The van der Waals surface area contributed by atoms with Crippen LogP contribution in [-0.2, 0) is 11.2 Å². The van der Waals surface area contributed by atoms with E-state index in [0.29, 0.717) is 30.1 Å². The predicted octanol–water partition coefficient (Wildman–Crippen LogP) is 3.94. The summed E-state index contributed by atoms with van der Waals surface area (Å²) in [5, 5.41) is 7.78. The molecular weight excluding hydrogens is 416 g/mol. The van der Waals surface area contributed by atoms with Crippen LogP contribution in [0.15, 0.2) is 47.3 Å². The average molecular weight is 433 g/mol. The predicted molar refractivity (Wildman–Crippen MR) is 121 cm³/mol. The molecule has 2 aromatic carbocycles. The van der Waals surface area contributed by atoms with Gasteiger partial charge in [-0.1, -0.05) is 24.3 Å². The van der Waals surface area contributed by atoms with E-state index in [9.17, 15) is 9.59 Å². The second-order valence-corrected chi connectivity index (χ2v) is 8.05. The molecule has 0 spiro atoms. The number of thiazole rings is 2. The number of amides is 2. The van der Waals surface area contributed by atoms with Crippen LogP contribution in [-0.4, -0.2) is 28.8 Å². The van der Waals surface area contributed by atoms with Gasteiger partial charge < -0.3 is 10.6 Å². The zero-order chi connectivity index (χ0) is 20.9. The maximum atomic E-state index is 12.1. The van der Waals surface area contributed by atoms with Gasteiger partial charge in [-0.3, -0.25) is 9.59 Å². The number of nitrogens with one attached hydrogen (secondary N) is 2. The Balaban J connectivity index is 1.46. The fraction of sp³-hybridized carbons (Fsp3) is 0.0909. The quantitative estimate of drug-likeness (QED) is 0.342. The largest absolute Gasteiger partial charge is 0.350 e. The van der Waals surface area contributed by atoms with Crippen LogP contribution < -0.4 is 10.6 Å². The fourth-order valence-corrected chi connectivity index (χ4v) is 4.55. The molecule has 0 saturated heterocycles. The molecule has 0 aliphatic carbocycles. The van der Waals surface area contributed by atoms with Gasteiger partial charge in [0.1, 0.15) is 5.69 Å². The molecule has 2 N–H and O–H groups in total. The molecule has 2 aromatic heterocycles. The van der Waals surface area contributed by atoms with Crippen LogP contribution >= 0.6 is 22.7 Å². The summed E-state index contributed by atoms with van der Waals surface area (Å²) in [5.74, 6) is 2.19. The Morgan fingerprint density at radius 3 is 2.73 bits per heavy atom. The van der Waals surface area contributed by atoms with Crippen LogP contribution in [0.4, 0.5) is 5.69 Å². The Morgan fingerprint density at radius 1 is 1.17 bits per heavy atom. The van der Waals surface area contributed by atoms with Crippen molar-refractivity contribution in [3.05, 3.63) is 63.6 Å². The van der Waals surface area contributed by atoms with Crippen molar-refractivity contribution in [2.45, 2.75) is 6.42 Å². The molecule has 30 heavy (non-hydrogen) atoms. The van der Waals surface area contributed by atoms with Gasteiger partial charge in [-0.25, -0.2) is 9.97 Å². The third-order valence-electron chi connectivity index (χ3n) is 4.52. The Kier molecular flexibility index (Phi) is 5.84. The van der Waals surface area contributed by atoms with Gasteiger partial charge in [-0.2, -0.15) is 0 Å². The number of hydrogen-bond donors (Lipinski definition) is 2. The number of terminal acetylenes is 1. The van der Waals surface area contributed by atoms with Crippen LogP contribution in [0.5, 0.6) is 0 Å². The van der Waals surface area contributed by atoms with Gasteiger partial charge in [0, 0.05) is 23.2 Å². The van der Waals surface area contributed by atoms with Gasteiger partial charge in [0.15, 0.2) is 5.01 Å². The van der Waals surface area contributed by atoms with Crippen molar-refractivity contribution < 1.29 is 9.59 Å². The van der Waals surface area contributed by atoms with Gasteiger partial charge in [-0.05, 0) is 35.6 Å². The number of anilines is 1. The highest BCUT2D eigenvalue weighted by molar-refractivity contribution is 7.17. The first-order valence-corrected chi connectivity index (χ1v) is 10.8.